The van der Waals surface area contributed by atoms with E-state index in [0.717, 1.165) is 18.8 Å². The third-order valence-corrected chi connectivity index (χ3v) is 5.59. The van der Waals surface area contributed by atoms with E-state index in [2.05, 4.69) is 45.9 Å². The third kappa shape index (κ3) is 1.45. The van der Waals surface area contributed by atoms with Gasteiger partial charge in [-0.15, -0.1) is 0 Å². The molecule has 1 saturated carbocycles. The second kappa shape index (κ2) is 3.51. The Hall–Kier alpha value is -1.02. The van der Waals surface area contributed by atoms with Crippen LogP contribution in [0.25, 0.3) is 0 Å². The zero-order valence-electron chi connectivity index (χ0n) is 11.8. The Balaban J connectivity index is 1.88. The van der Waals surface area contributed by atoms with Crippen molar-refractivity contribution in [2.24, 2.45) is 22.5 Å². The van der Waals surface area contributed by atoms with Crippen molar-refractivity contribution in [3.05, 3.63) is 29.3 Å². The standard InChI is InChI=1S/C16H23NO/c1-15(2)14(16(15,3)4)13(17)11-5-6-12-10(9-11)7-8-18-12/h5-6,9,13-14H,7-8,17H2,1-4H3. The largest absolute Gasteiger partial charge is 0.493 e. The van der Waals surface area contributed by atoms with Crippen LogP contribution in [-0.4, -0.2) is 6.61 Å². The lowest BCUT2D eigenvalue weighted by Crippen LogP contribution is -2.16. The summed E-state index contributed by atoms with van der Waals surface area (Å²) < 4.78 is 5.55. The number of hydrogen-bond donors (Lipinski definition) is 1. The quantitative estimate of drug-likeness (QED) is 0.867. The second-order valence-corrected chi connectivity index (χ2v) is 6.91. The van der Waals surface area contributed by atoms with E-state index in [1.807, 2.05) is 0 Å². The van der Waals surface area contributed by atoms with Gasteiger partial charge in [-0.3, -0.25) is 0 Å². The van der Waals surface area contributed by atoms with Gasteiger partial charge in [-0.25, -0.2) is 0 Å². The minimum atomic E-state index is 0.140. The molecule has 1 aliphatic carbocycles. The van der Waals surface area contributed by atoms with Gasteiger partial charge in [0.05, 0.1) is 6.61 Å². The fourth-order valence-corrected chi connectivity index (χ4v) is 3.75. The SMILES string of the molecule is CC1(C)C(C(N)c2ccc3c(c2)CCO3)C1(C)C. The summed E-state index contributed by atoms with van der Waals surface area (Å²) >= 11 is 0. The highest BCUT2D eigenvalue weighted by Crippen LogP contribution is 2.71. The van der Waals surface area contributed by atoms with Crippen LogP contribution in [0.5, 0.6) is 5.75 Å². The number of benzene rings is 1. The van der Waals surface area contributed by atoms with E-state index < -0.39 is 0 Å². The summed E-state index contributed by atoms with van der Waals surface area (Å²) in [5.74, 6) is 1.60. The zero-order valence-corrected chi connectivity index (χ0v) is 11.8. The first-order valence-electron chi connectivity index (χ1n) is 6.87. The van der Waals surface area contributed by atoms with E-state index >= 15 is 0 Å². The maximum absolute atomic E-state index is 6.50. The molecule has 1 aliphatic heterocycles. The van der Waals surface area contributed by atoms with Crippen molar-refractivity contribution in [2.45, 2.75) is 40.2 Å². The normalized spacial score (nSPS) is 25.4. The van der Waals surface area contributed by atoms with Crippen molar-refractivity contribution < 1.29 is 4.74 Å². The Bertz CT molecular complexity index is 476. The van der Waals surface area contributed by atoms with Gasteiger partial charge in [-0.2, -0.15) is 0 Å². The van der Waals surface area contributed by atoms with Crippen LogP contribution in [0, 0.1) is 16.7 Å². The molecule has 3 rings (SSSR count). The van der Waals surface area contributed by atoms with Gasteiger partial charge in [0.25, 0.3) is 0 Å². The van der Waals surface area contributed by atoms with Crippen LogP contribution in [-0.2, 0) is 6.42 Å². The highest BCUT2D eigenvalue weighted by atomic mass is 16.5. The lowest BCUT2D eigenvalue weighted by Gasteiger charge is -2.15. The van der Waals surface area contributed by atoms with Gasteiger partial charge >= 0.3 is 0 Å². The molecule has 0 amide bonds. The molecule has 0 bridgehead atoms. The predicted molar refractivity (Wildman–Crippen MR) is 73.6 cm³/mol. The molecule has 18 heavy (non-hydrogen) atoms. The van der Waals surface area contributed by atoms with Crippen molar-refractivity contribution in [3.63, 3.8) is 0 Å². The number of nitrogens with two attached hydrogens (primary N) is 1. The molecule has 1 aromatic rings. The van der Waals surface area contributed by atoms with Crippen molar-refractivity contribution in [1.29, 1.82) is 0 Å². The fraction of sp³-hybridized carbons (Fsp3) is 0.625. The smallest absolute Gasteiger partial charge is 0.122 e. The molecule has 1 atom stereocenters. The molecule has 2 nitrogen and oxygen atoms in total. The summed E-state index contributed by atoms with van der Waals surface area (Å²) in [6.45, 7) is 10.1. The van der Waals surface area contributed by atoms with Crippen LogP contribution < -0.4 is 10.5 Å². The van der Waals surface area contributed by atoms with E-state index in [0.29, 0.717) is 16.7 Å². The molecular formula is C16H23NO. The van der Waals surface area contributed by atoms with Crippen LogP contribution >= 0.6 is 0 Å². The van der Waals surface area contributed by atoms with Gasteiger partial charge < -0.3 is 10.5 Å². The first kappa shape index (κ1) is 12.0. The lowest BCUT2D eigenvalue weighted by molar-refractivity contribution is 0.356. The number of ether oxygens (including phenoxy) is 1. The lowest BCUT2D eigenvalue weighted by atomic mass is 9.95. The monoisotopic (exact) mass is 245 g/mol. The van der Waals surface area contributed by atoms with Gasteiger partial charge in [0, 0.05) is 12.5 Å². The maximum atomic E-state index is 6.50. The van der Waals surface area contributed by atoms with Crippen molar-refractivity contribution >= 4 is 0 Å². The van der Waals surface area contributed by atoms with Crippen LogP contribution in [0.2, 0.25) is 0 Å². The van der Waals surface area contributed by atoms with Gasteiger partial charge in [-0.05, 0) is 33.9 Å². The van der Waals surface area contributed by atoms with E-state index in [1.165, 1.54) is 11.1 Å². The summed E-state index contributed by atoms with van der Waals surface area (Å²) in [5, 5.41) is 0. The van der Waals surface area contributed by atoms with Crippen LogP contribution in [0.15, 0.2) is 18.2 Å². The summed E-state index contributed by atoms with van der Waals surface area (Å²) in [7, 11) is 0. The van der Waals surface area contributed by atoms with Crippen molar-refractivity contribution in [1.82, 2.24) is 0 Å². The van der Waals surface area contributed by atoms with Gasteiger partial charge in [-0.1, -0.05) is 39.8 Å². The molecular weight excluding hydrogens is 222 g/mol. The Kier molecular flexibility index (Phi) is 2.34. The number of rotatable bonds is 2. The molecule has 1 fully saturated rings. The molecule has 2 heteroatoms. The Morgan fingerprint density at radius 3 is 2.50 bits per heavy atom. The highest BCUT2D eigenvalue weighted by molar-refractivity contribution is 5.41. The van der Waals surface area contributed by atoms with Gasteiger partial charge in [0.1, 0.15) is 5.75 Å². The molecule has 1 heterocycles. The topological polar surface area (TPSA) is 35.2 Å². The van der Waals surface area contributed by atoms with Gasteiger partial charge in [0.2, 0.25) is 0 Å². The summed E-state index contributed by atoms with van der Waals surface area (Å²) in [6.07, 6.45) is 1.02. The summed E-state index contributed by atoms with van der Waals surface area (Å²) in [6, 6.07) is 6.61. The Morgan fingerprint density at radius 2 is 1.89 bits per heavy atom. The highest BCUT2D eigenvalue weighted by Gasteiger charge is 2.66. The van der Waals surface area contributed by atoms with E-state index in [1.54, 1.807) is 0 Å². The number of fused-ring (bicyclic) bond motifs is 1. The molecule has 0 spiro atoms. The third-order valence-electron chi connectivity index (χ3n) is 5.59. The van der Waals surface area contributed by atoms with Crippen LogP contribution in [0.3, 0.4) is 0 Å². The molecule has 98 valence electrons. The second-order valence-electron chi connectivity index (χ2n) is 6.91. The zero-order chi connectivity index (χ0) is 13.1. The van der Waals surface area contributed by atoms with Crippen LogP contribution in [0.1, 0.15) is 44.9 Å². The first-order chi connectivity index (χ1) is 8.35. The minimum absolute atomic E-state index is 0.140. The molecule has 1 aromatic carbocycles. The van der Waals surface area contributed by atoms with Gasteiger partial charge in [0.15, 0.2) is 0 Å². The summed E-state index contributed by atoms with van der Waals surface area (Å²) in [4.78, 5) is 0. The predicted octanol–water partition coefficient (Wildman–Crippen LogP) is 3.30. The molecule has 1 unspecified atom stereocenters. The number of hydrogen-bond acceptors (Lipinski definition) is 2. The molecule has 0 saturated heterocycles. The molecule has 0 aromatic heterocycles. The first-order valence-corrected chi connectivity index (χ1v) is 6.87. The van der Waals surface area contributed by atoms with Crippen LogP contribution in [0.4, 0.5) is 0 Å². The Labute approximate surface area is 110 Å². The van der Waals surface area contributed by atoms with Crippen molar-refractivity contribution in [3.8, 4) is 5.75 Å². The Morgan fingerprint density at radius 1 is 1.22 bits per heavy atom. The molecule has 0 radical (unpaired) electrons. The van der Waals surface area contributed by atoms with E-state index in [4.69, 9.17) is 10.5 Å². The van der Waals surface area contributed by atoms with E-state index in [9.17, 15) is 0 Å². The molecule has 2 aliphatic rings. The minimum Gasteiger partial charge on any atom is -0.493 e. The van der Waals surface area contributed by atoms with Crippen molar-refractivity contribution in [2.75, 3.05) is 6.61 Å². The summed E-state index contributed by atoms with van der Waals surface area (Å²) in [5.41, 5.74) is 9.76. The molecule has 2 N–H and O–H groups in total. The average Bonchev–Trinajstić information content (AvgIpc) is 2.69. The fourth-order valence-electron chi connectivity index (χ4n) is 3.75. The maximum Gasteiger partial charge on any atom is 0.122 e. The average molecular weight is 245 g/mol. The van der Waals surface area contributed by atoms with E-state index in [-0.39, 0.29) is 6.04 Å².